The van der Waals surface area contributed by atoms with E-state index in [0.717, 1.165) is 92.8 Å². The van der Waals surface area contributed by atoms with Crippen LogP contribution >= 0.6 is 0 Å². The summed E-state index contributed by atoms with van der Waals surface area (Å²) >= 11 is 0. The number of benzene rings is 2. The van der Waals surface area contributed by atoms with Crippen molar-refractivity contribution in [2.75, 3.05) is 7.11 Å². The molecule has 2 aromatic carbocycles. The van der Waals surface area contributed by atoms with E-state index in [0.29, 0.717) is 6.04 Å². The summed E-state index contributed by atoms with van der Waals surface area (Å²) in [4.78, 5) is 14.5. The summed E-state index contributed by atoms with van der Waals surface area (Å²) in [7, 11) is 1.72. The highest BCUT2D eigenvalue weighted by molar-refractivity contribution is 6.13. The molecule has 7 heteroatoms. The van der Waals surface area contributed by atoms with Crippen molar-refractivity contribution in [3.05, 3.63) is 82.0 Å². The zero-order valence-corrected chi connectivity index (χ0v) is 28.4. The van der Waals surface area contributed by atoms with Gasteiger partial charge >= 0.3 is 0 Å². The number of fused-ring (bicyclic) bond motifs is 3. The minimum Gasteiger partial charge on any atom is -0.496 e. The number of allylic oxidation sites excluding steroid dienone is 2. The highest BCUT2D eigenvalue weighted by Gasteiger charge is 2.26. The predicted molar refractivity (Wildman–Crippen MR) is 189 cm³/mol. The van der Waals surface area contributed by atoms with Crippen molar-refractivity contribution in [2.24, 2.45) is 15.9 Å². The number of aromatic amines is 1. The average molecular weight is 620 g/mol. The first-order valence-corrected chi connectivity index (χ1v) is 17.2. The molecule has 6 rings (SSSR count). The van der Waals surface area contributed by atoms with Crippen molar-refractivity contribution < 1.29 is 9.26 Å². The molecule has 2 aliphatic rings. The summed E-state index contributed by atoms with van der Waals surface area (Å²) in [6.45, 7) is 10.6. The second-order valence-electron chi connectivity index (χ2n) is 13.1. The highest BCUT2D eigenvalue weighted by atomic mass is 16.5. The Bertz CT molecular complexity index is 1740. The van der Waals surface area contributed by atoms with Crippen LogP contribution in [-0.2, 0) is 6.42 Å². The summed E-state index contributed by atoms with van der Waals surface area (Å²) in [5.74, 6) is 3.27. The molecule has 3 heterocycles. The van der Waals surface area contributed by atoms with Crippen LogP contribution in [0, 0.1) is 19.8 Å². The van der Waals surface area contributed by atoms with Crippen molar-refractivity contribution in [3.8, 4) is 16.9 Å². The van der Waals surface area contributed by atoms with Gasteiger partial charge in [0, 0.05) is 52.1 Å². The summed E-state index contributed by atoms with van der Waals surface area (Å²) in [5, 5.41) is 9.05. The van der Waals surface area contributed by atoms with E-state index in [4.69, 9.17) is 19.2 Å². The van der Waals surface area contributed by atoms with E-state index >= 15 is 0 Å². The fourth-order valence-electron chi connectivity index (χ4n) is 7.47. The topological polar surface area (TPSA) is 87.8 Å². The van der Waals surface area contributed by atoms with Crippen LogP contribution < -0.4 is 10.1 Å². The molecule has 0 bridgehead atoms. The Morgan fingerprint density at radius 2 is 1.87 bits per heavy atom. The fourth-order valence-corrected chi connectivity index (χ4v) is 7.47. The van der Waals surface area contributed by atoms with Gasteiger partial charge in [-0.3, -0.25) is 9.98 Å². The van der Waals surface area contributed by atoms with Crippen LogP contribution in [0.5, 0.6) is 5.75 Å². The zero-order valence-electron chi connectivity index (χ0n) is 28.4. The number of aryl methyl sites for hydroxylation is 2. The number of aromatic nitrogens is 2. The Morgan fingerprint density at radius 1 is 1.04 bits per heavy atom. The normalized spacial score (nSPS) is 20.5. The van der Waals surface area contributed by atoms with Crippen LogP contribution in [0.25, 0.3) is 22.0 Å². The zero-order chi connectivity index (χ0) is 32.2. The predicted octanol–water partition coefficient (Wildman–Crippen LogP) is 9.59. The molecule has 1 saturated carbocycles. The van der Waals surface area contributed by atoms with Gasteiger partial charge in [-0.15, -0.1) is 0 Å². The SMILES string of the molecule is CCCC1CCCC(N=CC(N=C2NC(C)=C(CC)Cc3[nH]c4cc(-c5c(C)noc5C)c(OC)cc4c32)c2ccccc2)CC1. The maximum Gasteiger partial charge on any atom is 0.141 e. The third-order valence-corrected chi connectivity index (χ3v) is 9.99. The van der Waals surface area contributed by atoms with Crippen molar-refractivity contribution in [3.63, 3.8) is 0 Å². The molecule has 0 radical (unpaired) electrons. The molecule has 3 atom stereocenters. The van der Waals surface area contributed by atoms with E-state index in [9.17, 15) is 0 Å². The van der Waals surface area contributed by atoms with E-state index in [1.54, 1.807) is 7.11 Å². The van der Waals surface area contributed by atoms with Gasteiger partial charge in [-0.05, 0) is 75.6 Å². The van der Waals surface area contributed by atoms with E-state index in [1.165, 1.54) is 44.1 Å². The number of aliphatic imine (C=N–C) groups is 2. The first-order valence-electron chi connectivity index (χ1n) is 17.2. The summed E-state index contributed by atoms with van der Waals surface area (Å²) in [6.07, 6.45) is 12.7. The first kappa shape index (κ1) is 31.8. The van der Waals surface area contributed by atoms with E-state index in [1.807, 2.05) is 13.8 Å². The van der Waals surface area contributed by atoms with Gasteiger partial charge in [0.1, 0.15) is 23.4 Å². The van der Waals surface area contributed by atoms with Crippen LogP contribution in [0.15, 0.2) is 68.2 Å². The molecule has 2 aromatic heterocycles. The van der Waals surface area contributed by atoms with Gasteiger partial charge in [-0.2, -0.15) is 0 Å². The lowest BCUT2D eigenvalue weighted by Gasteiger charge is -2.16. The summed E-state index contributed by atoms with van der Waals surface area (Å²) in [6, 6.07) is 15.0. The number of hydrogen-bond acceptors (Lipinski definition) is 5. The van der Waals surface area contributed by atoms with Gasteiger partial charge in [0.2, 0.25) is 0 Å². The minimum absolute atomic E-state index is 0.212. The lowest BCUT2D eigenvalue weighted by atomic mass is 9.95. The second-order valence-corrected chi connectivity index (χ2v) is 13.1. The minimum atomic E-state index is -0.212. The molecule has 1 aliphatic heterocycles. The Labute approximate surface area is 273 Å². The smallest absolute Gasteiger partial charge is 0.141 e. The van der Waals surface area contributed by atoms with Crippen molar-refractivity contribution in [1.29, 1.82) is 0 Å². The van der Waals surface area contributed by atoms with Crippen LogP contribution in [0.3, 0.4) is 0 Å². The van der Waals surface area contributed by atoms with Crippen molar-refractivity contribution >= 4 is 23.0 Å². The van der Waals surface area contributed by atoms with Gasteiger partial charge in [-0.1, -0.05) is 75.0 Å². The Kier molecular flexibility index (Phi) is 9.76. The maximum atomic E-state index is 5.99. The molecule has 46 heavy (non-hydrogen) atoms. The van der Waals surface area contributed by atoms with Crippen LogP contribution in [-0.4, -0.2) is 35.3 Å². The molecule has 0 amide bonds. The van der Waals surface area contributed by atoms with E-state index < -0.39 is 0 Å². The molecule has 1 aliphatic carbocycles. The third-order valence-electron chi connectivity index (χ3n) is 9.99. The van der Waals surface area contributed by atoms with Crippen molar-refractivity contribution in [1.82, 2.24) is 15.5 Å². The van der Waals surface area contributed by atoms with Gasteiger partial charge in [0.25, 0.3) is 0 Å². The average Bonchev–Trinajstić information content (AvgIpc) is 3.43. The molecule has 2 N–H and O–H groups in total. The maximum absolute atomic E-state index is 5.99. The molecule has 1 fully saturated rings. The standard InChI is InChI=1S/C39H49N5O2/c1-7-13-27-14-12-17-30(19-18-27)40-23-35(29-15-10-9-11-16-29)43-39-38-31-22-36(45-6)32(37-25(4)44-46-26(37)5)21-33(31)42-34(38)20-28(8-2)24(3)41-39/h9-11,15-16,21-23,27,30,35,42H,7-8,12-14,17-20H2,1-6H3,(H,41,43). The molecular formula is C39H49N5O2. The summed E-state index contributed by atoms with van der Waals surface area (Å²) < 4.78 is 11.5. The lowest BCUT2D eigenvalue weighted by molar-refractivity contribution is 0.393. The largest absolute Gasteiger partial charge is 0.496 e. The van der Waals surface area contributed by atoms with Gasteiger partial charge in [0.15, 0.2) is 0 Å². The Morgan fingerprint density at radius 3 is 2.59 bits per heavy atom. The molecule has 4 aromatic rings. The second kappa shape index (κ2) is 14.1. The molecule has 0 saturated heterocycles. The molecule has 242 valence electrons. The Balaban J connectivity index is 1.46. The summed E-state index contributed by atoms with van der Waals surface area (Å²) in [5.41, 5.74) is 9.73. The van der Waals surface area contributed by atoms with E-state index in [2.05, 4.69) is 84.9 Å². The number of rotatable bonds is 9. The fraction of sp³-hybridized carbons (Fsp3) is 0.462. The van der Waals surface area contributed by atoms with Crippen molar-refractivity contribution in [2.45, 2.75) is 104 Å². The van der Waals surface area contributed by atoms with Crippen LogP contribution in [0.2, 0.25) is 0 Å². The van der Waals surface area contributed by atoms with Crippen LogP contribution in [0.1, 0.15) is 106 Å². The van der Waals surface area contributed by atoms with Gasteiger partial charge in [0.05, 0.1) is 18.4 Å². The third kappa shape index (κ3) is 6.55. The first-order chi connectivity index (χ1) is 22.4. The number of amidine groups is 1. The lowest BCUT2D eigenvalue weighted by Crippen LogP contribution is -2.24. The number of H-pyrrole nitrogens is 1. The number of nitrogens with zero attached hydrogens (tertiary/aromatic N) is 3. The number of ether oxygens (including phenoxy) is 1. The molecule has 3 unspecified atom stereocenters. The highest BCUT2D eigenvalue weighted by Crippen LogP contribution is 2.40. The van der Waals surface area contributed by atoms with E-state index in [-0.39, 0.29) is 6.04 Å². The number of nitrogens with one attached hydrogen (secondary N) is 2. The molecule has 7 nitrogen and oxygen atoms in total. The van der Waals surface area contributed by atoms with Gasteiger partial charge < -0.3 is 19.6 Å². The van der Waals surface area contributed by atoms with Crippen LogP contribution in [0.4, 0.5) is 0 Å². The van der Waals surface area contributed by atoms with Gasteiger partial charge in [-0.25, -0.2) is 0 Å². The molecular weight excluding hydrogens is 570 g/mol. The number of methoxy groups -OCH3 is 1. The monoisotopic (exact) mass is 619 g/mol. The Hall–Kier alpha value is -4.13. The molecule has 0 spiro atoms. The number of hydrogen-bond donors (Lipinski definition) is 2. The quantitative estimate of drug-likeness (QED) is 0.144.